The van der Waals surface area contributed by atoms with Gasteiger partial charge in [-0.25, -0.2) is 4.79 Å². The summed E-state index contributed by atoms with van der Waals surface area (Å²) < 4.78 is 12.4. The molecule has 7 nitrogen and oxygen atoms in total. The number of aromatic nitrogens is 2. The van der Waals surface area contributed by atoms with Gasteiger partial charge in [-0.2, -0.15) is 0 Å². The Balaban J connectivity index is 2.38. The number of hydrogen-bond acceptors (Lipinski definition) is 5. The number of nitrogens with zero attached hydrogens (tertiary/aromatic N) is 1. The summed E-state index contributed by atoms with van der Waals surface area (Å²) in [6.45, 7) is 3.51. The maximum atomic E-state index is 11.8. The zero-order valence-electron chi connectivity index (χ0n) is 11.2. The lowest BCUT2D eigenvalue weighted by molar-refractivity contribution is -0.0625. The topological polar surface area (TPSA) is 93.6 Å². The van der Waals surface area contributed by atoms with Crippen LogP contribution >= 0.6 is 0 Å². The van der Waals surface area contributed by atoms with Gasteiger partial charge in [-0.3, -0.25) is 14.3 Å². The fourth-order valence-electron chi connectivity index (χ4n) is 2.58. The third-order valence-corrected chi connectivity index (χ3v) is 3.51. The third kappa shape index (κ3) is 2.60. The molecule has 2 N–H and O–H groups in total. The Morgan fingerprint density at radius 2 is 2.35 bits per heavy atom. The van der Waals surface area contributed by atoms with E-state index < -0.39 is 29.7 Å². The van der Waals surface area contributed by atoms with E-state index in [9.17, 15) is 14.7 Å². The number of H-pyrrole nitrogens is 1. The fraction of sp³-hybridized carbons (Fsp3) is 0.538. The van der Waals surface area contributed by atoms with E-state index in [1.165, 1.54) is 23.9 Å². The average Bonchev–Trinajstić information content (AvgIpc) is 2.77. The predicted octanol–water partition coefficient (Wildman–Crippen LogP) is -0.366. The van der Waals surface area contributed by atoms with Crippen LogP contribution in [-0.4, -0.2) is 40.6 Å². The SMILES string of the molecule is C=CCC1C(OC)[C@H](n2ccc(=O)[nH]c2=O)O[C@@H]1CO. The van der Waals surface area contributed by atoms with Crippen molar-refractivity contribution in [2.75, 3.05) is 13.7 Å². The number of nitrogens with one attached hydrogen (secondary N) is 1. The number of allylic oxidation sites excluding steroid dienone is 1. The molecule has 0 radical (unpaired) electrons. The second kappa shape index (κ2) is 6.17. The van der Waals surface area contributed by atoms with Gasteiger partial charge in [0, 0.05) is 25.3 Å². The molecule has 1 fully saturated rings. The Morgan fingerprint density at radius 1 is 1.60 bits per heavy atom. The summed E-state index contributed by atoms with van der Waals surface area (Å²) in [4.78, 5) is 25.1. The van der Waals surface area contributed by atoms with Crippen LogP contribution in [0.5, 0.6) is 0 Å². The third-order valence-electron chi connectivity index (χ3n) is 3.51. The van der Waals surface area contributed by atoms with Gasteiger partial charge in [0.2, 0.25) is 0 Å². The van der Waals surface area contributed by atoms with Gasteiger partial charge in [-0.15, -0.1) is 6.58 Å². The summed E-state index contributed by atoms with van der Waals surface area (Å²) in [6.07, 6.45) is 2.14. The lowest BCUT2D eigenvalue weighted by Crippen LogP contribution is -2.36. The molecule has 1 aromatic rings. The molecule has 1 saturated heterocycles. The Kier molecular flexibility index (Phi) is 4.53. The van der Waals surface area contributed by atoms with Crippen molar-refractivity contribution in [1.29, 1.82) is 0 Å². The van der Waals surface area contributed by atoms with Crippen molar-refractivity contribution in [3.05, 3.63) is 45.8 Å². The van der Waals surface area contributed by atoms with E-state index in [1.54, 1.807) is 6.08 Å². The molecule has 1 aliphatic rings. The monoisotopic (exact) mass is 282 g/mol. The van der Waals surface area contributed by atoms with Crippen molar-refractivity contribution in [2.24, 2.45) is 5.92 Å². The molecule has 0 spiro atoms. The zero-order chi connectivity index (χ0) is 14.7. The van der Waals surface area contributed by atoms with Crippen LogP contribution in [0, 0.1) is 5.92 Å². The molecule has 20 heavy (non-hydrogen) atoms. The second-order valence-corrected chi connectivity index (χ2v) is 4.65. The van der Waals surface area contributed by atoms with Gasteiger partial charge in [0.15, 0.2) is 6.23 Å². The highest BCUT2D eigenvalue weighted by molar-refractivity contribution is 4.95. The van der Waals surface area contributed by atoms with Gasteiger partial charge < -0.3 is 14.6 Å². The van der Waals surface area contributed by atoms with Gasteiger partial charge in [0.05, 0.1) is 12.7 Å². The molecule has 2 rings (SSSR count). The number of ether oxygens (including phenoxy) is 2. The van der Waals surface area contributed by atoms with Crippen molar-refractivity contribution >= 4 is 0 Å². The van der Waals surface area contributed by atoms with Crippen LogP contribution in [0.4, 0.5) is 0 Å². The molecule has 0 aliphatic carbocycles. The van der Waals surface area contributed by atoms with Crippen LogP contribution in [0.1, 0.15) is 12.6 Å². The van der Waals surface area contributed by atoms with E-state index in [-0.39, 0.29) is 12.5 Å². The summed E-state index contributed by atoms with van der Waals surface area (Å²) in [7, 11) is 1.52. The van der Waals surface area contributed by atoms with Crippen LogP contribution in [0.25, 0.3) is 0 Å². The lowest BCUT2D eigenvalue weighted by atomic mass is 9.94. The lowest BCUT2D eigenvalue weighted by Gasteiger charge is -2.22. The molecule has 2 heterocycles. The molecule has 2 unspecified atom stereocenters. The fourth-order valence-corrected chi connectivity index (χ4v) is 2.58. The minimum Gasteiger partial charge on any atom is -0.394 e. The first-order valence-corrected chi connectivity index (χ1v) is 6.33. The Bertz CT molecular complexity index is 579. The number of hydrogen-bond donors (Lipinski definition) is 2. The van der Waals surface area contributed by atoms with Gasteiger partial charge in [0.1, 0.15) is 6.10 Å². The molecular formula is C13H18N2O5. The molecule has 0 saturated carbocycles. The maximum absolute atomic E-state index is 11.8. The highest BCUT2D eigenvalue weighted by Gasteiger charge is 2.45. The Morgan fingerprint density at radius 3 is 2.90 bits per heavy atom. The standard InChI is InChI=1S/C13H18N2O5/c1-3-4-8-9(7-16)20-12(11(8)19-2)15-6-5-10(17)14-13(15)18/h3,5-6,8-9,11-12,16H,1,4,7H2,2H3,(H,14,17,18)/t8?,9-,11?,12-/m1/s1. The molecule has 0 bridgehead atoms. The normalized spacial score (nSPS) is 29.5. The molecule has 0 amide bonds. The summed E-state index contributed by atoms with van der Waals surface area (Å²) >= 11 is 0. The molecule has 7 heteroatoms. The number of aliphatic hydroxyl groups excluding tert-OH is 1. The quantitative estimate of drug-likeness (QED) is 0.719. The van der Waals surface area contributed by atoms with Crippen molar-refractivity contribution < 1.29 is 14.6 Å². The number of methoxy groups -OCH3 is 1. The van der Waals surface area contributed by atoms with Gasteiger partial charge in [0.25, 0.3) is 5.56 Å². The van der Waals surface area contributed by atoms with E-state index in [4.69, 9.17) is 9.47 Å². The molecule has 110 valence electrons. The molecule has 4 atom stereocenters. The zero-order valence-corrected chi connectivity index (χ0v) is 11.2. The Hall–Kier alpha value is -1.70. The minimum absolute atomic E-state index is 0.105. The maximum Gasteiger partial charge on any atom is 0.330 e. The first-order valence-electron chi connectivity index (χ1n) is 6.33. The van der Waals surface area contributed by atoms with E-state index in [1.807, 2.05) is 0 Å². The average molecular weight is 282 g/mol. The van der Waals surface area contributed by atoms with Crippen LogP contribution in [0.2, 0.25) is 0 Å². The number of aromatic amines is 1. The minimum atomic E-state index is -0.688. The summed E-state index contributed by atoms with van der Waals surface area (Å²) in [5.74, 6) is -0.105. The van der Waals surface area contributed by atoms with Crippen LogP contribution in [-0.2, 0) is 9.47 Å². The first-order chi connectivity index (χ1) is 9.62. The van der Waals surface area contributed by atoms with Crippen LogP contribution in [0.3, 0.4) is 0 Å². The van der Waals surface area contributed by atoms with Crippen molar-refractivity contribution in [3.63, 3.8) is 0 Å². The smallest absolute Gasteiger partial charge is 0.330 e. The summed E-state index contributed by atoms with van der Waals surface area (Å²) in [6, 6.07) is 1.24. The van der Waals surface area contributed by atoms with Crippen molar-refractivity contribution in [2.45, 2.75) is 24.9 Å². The predicted molar refractivity (Wildman–Crippen MR) is 71.4 cm³/mol. The molecular weight excluding hydrogens is 264 g/mol. The van der Waals surface area contributed by atoms with E-state index in [2.05, 4.69) is 11.6 Å². The summed E-state index contributed by atoms with van der Waals surface area (Å²) in [5.41, 5.74) is -1.04. The first kappa shape index (κ1) is 14.7. The highest BCUT2D eigenvalue weighted by Crippen LogP contribution is 2.37. The largest absolute Gasteiger partial charge is 0.394 e. The molecule has 1 aliphatic heterocycles. The van der Waals surface area contributed by atoms with Crippen molar-refractivity contribution in [3.8, 4) is 0 Å². The van der Waals surface area contributed by atoms with Crippen molar-refractivity contribution in [1.82, 2.24) is 9.55 Å². The number of aliphatic hydroxyl groups is 1. The van der Waals surface area contributed by atoms with E-state index in [0.717, 1.165) is 0 Å². The second-order valence-electron chi connectivity index (χ2n) is 4.65. The van der Waals surface area contributed by atoms with Crippen LogP contribution in [0.15, 0.2) is 34.5 Å². The van der Waals surface area contributed by atoms with Crippen LogP contribution < -0.4 is 11.2 Å². The highest BCUT2D eigenvalue weighted by atomic mass is 16.6. The van der Waals surface area contributed by atoms with Gasteiger partial charge in [-0.05, 0) is 6.42 Å². The molecule has 1 aromatic heterocycles. The number of rotatable bonds is 5. The summed E-state index contributed by atoms with van der Waals surface area (Å²) in [5, 5.41) is 9.39. The Labute approximate surface area is 115 Å². The van der Waals surface area contributed by atoms with Gasteiger partial charge in [-0.1, -0.05) is 6.08 Å². The molecule has 0 aromatic carbocycles. The van der Waals surface area contributed by atoms with E-state index >= 15 is 0 Å². The van der Waals surface area contributed by atoms with Gasteiger partial charge >= 0.3 is 5.69 Å². The van der Waals surface area contributed by atoms with E-state index in [0.29, 0.717) is 6.42 Å².